The third kappa shape index (κ3) is 1.99. The van der Waals surface area contributed by atoms with Crippen LogP contribution in [-0.4, -0.2) is 6.29 Å². The molecule has 1 radical (unpaired) electrons. The van der Waals surface area contributed by atoms with Crippen LogP contribution in [0.2, 0.25) is 0 Å². The van der Waals surface area contributed by atoms with Crippen molar-refractivity contribution in [3.8, 4) is 12.3 Å². The Kier molecular flexibility index (Phi) is 1.59. The Labute approximate surface area is 43.7 Å². The van der Waals surface area contributed by atoms with E-state index in [1.807, 2.05) is 0 Å². The van der Waals surface area contributed by atoms with Crippen LogP contribution in [0.1, 0.15) is 13.8 Å². The summed E-state index contributed by atoms with van der Waals surface area (Å²) < 4.78 is 0. The Balaban J connectivity index is 3.91. The minimum absolute atomic E-state index is 0.694. The van der Waals surface area contributed by atoms with Gasteiger partial charge in [-0.1, -0.05) is 5.92 Å². The zero-order chi connectivity index (χ0) is 5.91. The first-order valence-electron chi connectivity index (χ1n) is 1.99. The zero-order valence-electron chi connectivity index (χ0n) is 4.49. The summed E-state index contributed by atoms with van der Waals surface area (Å²) in [7, 11) is 0. The van der Waals surface area contributed by atoms with Crippen molar-refractivity contribution >= 4 is 6.29 Å². The second-order valence-corrected chi connectivity index (χ2v) is 1.87. The lowest BCUT2D eigenvalue weighted by atomic mass is 9.98. The molecule has 0 rings (SSSR count). The Morgan fingerprint density at radius 1 is 1.57 bits per heavy atom. The van der Waals surface area contributed by atoms with Crippen LogP contribution in [0.4, 0.5) is 0 Å². The van der Waals surface area contributed by atoms with Crippen molar-refractivity contribution < 1.29 is 4.79 Å². The predicted octanol–water partition coefficient (Wildman–Crippen LogP) is 0.755. The van der Waals surface area contributed by atoms with E-state index in [-0.39, 0.29) is 0 Å². The third-order valence-corrected chi connectivity index (χ3v) is 0.616. The molecule has 0 heterocycles. The molecule has 0 aliphatic heterocycles. The van der Waals surface area contributed by atoms with Crippen molar-refractivity contribution in [3.63, 3.8) is 0 Å². The molecule has 0 spiro atoms. The summed E-state index contributed by atoms with van der Waals surface area (Å²) in [5.41, 5.74) is -0.694. The monoisotopic (exact) mass is 95.0 g/mol. The highest BCUT2D eigenvalue weighted by Gasteiger charge is 2.11. The zero-order valence-corrected chi connectivity index (χ0v) is 4.49. The summed E-state index contributed by atoms with van der Waals surface area (Å²) in [6.45, 7) is 3.28. The van der Waals surface area contributed by atoms with Crippen LogP contribution in [0.3, 0.4) is 0 Å². The summed E-state index contributed by atoms with van der Waals surface area (Å²) in [5.74, 6) is 2.27. The van der Waals surface area contributed by atoms with E-state index in [4.69, 9.17) is 6.42 Å². The third-order valence-electron chi connectivity index (χ3n) is 0.616. The van der Waals surface area contributed by atoms with Gasteiger partial charge in [-0.15, -0.1) is 6.42 Å². The van der Waals surface area contributed by atoms with E-state index in [0.717, 1.165) is 0 Å². The molecule has 0 fully saturated rings. The number of carbonyl (C=O) groups excluding carboxylic acids is 1. The van der Waals surface area contributed by atoms with Crippen LogP contribution >= 0.6 is 0 Å². The second-order valence-electron chi connectivity index (χ2n) is 1.87. The number of rotatable bonds is 1. The van der Waals surface area contributed by atoms with Crippen LogP contribution in [0.15, 0.2) is 0 Å². The van der Waals surface area contributed by atoms with Gasteiger partial charge in [0.05, 0.1) is 5.41 Å². The van der Waals surface area contributed by atoms with E-state index >= 15 is 0 Å². The molecule has 1 heteroatoms. The van der Waals surface area contributed by atoms with E-state index in [1.165, 1.54) is 0 Å². The van der Waals surface area contributed by atoms with Crippen molar-refractivity contribution in [2.75, 3.05) is 0 Å². The van der Waals surface area contributed by atoms with Crippen LogP contribution in [0.25, 0.3) is 0 Å². The number of hydrogen-bond acceptors (Lipinski definition) is 1. The van der Waals surface area contributed by atoms with Crippen LogP contribution in [0, 0.1) is 17.8 Å². The molecule has 37 valence electrons. The molecule has 0 unspecified atom stereocenters. The summed E-state index contributed by atoms with van der Waals surface area (Å²) in [6, 6.07) is 0. The van der Waals surface area contributed by atoms with Gasteiger partial charge in [0.15, 0.2) is 0 Å². The first kappa shape index (κ1) is 6.23. The summed E-state index contributed by atoms with van der Waals surface area (Å²) in [4.78, 5) is 9.79. The molecular weight excluding hydrogens is 88.1 g/mol. The minimum atomic E-state index is -0.694. The molecule has 1 nitrogen and oxygen atoms in total. The maximum absolute atomic E-state index is 9.79. The number of hydrogen-bond donors (Lipinski definition) is 0. The van der Waals surface area contributed by atoms with Gasteiger partial charge < -0.3 is 0 Å². The first-order valence-corrected chi connectivity index (χ1v) is 1.99. The molecule has 0 aliphatic carbocycles. The molecule has 0 saturated heterocycles. The van der Waals surface area contributed by atoms with Crippen molar-refractivity contribution in [2.24, 2.45) is 5.41 Å². The quantitative estimate of drug-likeness (QED) is 0.439. The van der Waals surface area contributed by atoms with E-state index in [9.17, 15) is 4.79 Å². The van der Waals surface area contributed by atoms with Gasteiger partial charge in [-0.3, -0.25) is 4.79 Å². The molecule has 0 aromatic heterocycles. The van der Waals surface area contributed by atoms with Crippen LogP contribution < -0.4 is 0 Å². The maximum Gasteiger partial charge on any atom is 0.217 e. The SMILES string of the molecule is C#CC(C)(C)[C]=O. The predicted molar refractivity (Wildman–Crippen MR) is 28.3 cm³/mol. The maximum atomic E-state index is 9.79. The first-order chi connectivity index (χ1) is 3.12. The average molecular weight is 95.1 g/mol. The van der Waals surface area contributed by atoms with Gasteiger partial charge in [0.25, 0.3) is 0 Å². The molecule has 7 heavy (non-hydrogen) atoms. The van der Waals surface area contributed by atoms with Crippen molar-refractivity contribution in [1.82, 2.24) is 0 Å². The van der Waals surface area contributed by atoms with Crippen molar-refractivity contribution in [2.45, 2.75) is 13.8 Å². The number of terminal acetylenes is 1. The molecule has 0 N–H and O–H groups in total. The standard InChI is InChI=1S/C6H7O/c1-4-6(2,3)5-7/h1H,2-3H3. The van der Waals surface area contributed by atoms with Gasteiger partial charge in [0.1, 0.15) is 0 Å². The van der Waals surface area contributed by atoms with E-state index < -0.39 is 5.41 Å². The Bertz CT molecular complexity index is 106. The summed E-state index contributed by atoms with van der Waals surface area (Å²) >= 11 is 0. The second kappa shape index (κ2) is 1.79. The topological polar surface area (TPSA) is 17.1 Å². The molecule has 0 amide bonds. The summed E-state index contributed by atoms with van der Waals surface area (Å²) in [6.07, 6.45) is 6.61. The normalized spacial score (nSPS) is 9.86. The summed E-state index contributed by atoms with van der Waals surface area (Å²) in [5, 5.41) is 0. The fourth-order valence-corrected chi connectivity index (χ4v) is 0.0295. The van der Waals surface area contributed by atoms with E-state index in [1.54, 1.807) is 20.1 Å². The highest BCUT2D eigenvalue weighted by atomic mass is 16.1. The minimum Gasteiger partial charge on any atom is -0.289 e. The largest absolute Gasteiger partial charge is 0.289 e. The van der Waals surface area contributed by atoms with Crippen LogP contribution in [-0.2, 0) is 4.79 Å². The average Bonchev–Trinajstić information content (AvgIpc) is 1.68. The molecule has 0 bridgehead atoms. The van der Waals surface area contributed by atoms with E-state index in [2.05, 4.69) is 5.92 Å². The molecule has 0 aliphatic rings. The fourth-order valence-electron chi connectivity index (χ4n) is 0.0295. The highest BCUT2D eigenvalue weighted by molar-refractivity contribution is 5.63. The van der Waals surface area contributed by atoms with Gasteiger partial charge in [-0.2, -0.15) is 0 Å². The molecular formula is C6H7O. The lowest BCUT2D eigenvalue weighted by Gasteiger charge is -2.01. The molecule has 0 atom stereocenters. The fraction of sp³-hybridized carbons (Fsp3) is 0.500. The van der Waals surface area contributed by atoms with Gasteiger partial charge in [-0.25, -0.2) is 0 Å². The Morgan fingerprint density at radius 2 is 2.00 bits per heavy atom. The van der Waals surface area contributed by atoms with Gasteiger partial charge in [-0.05, 0) is 13.8 Å². The Morgan fingerprint density at radius 3 is 2.00 bits per heavy atom. The Hall–Kier alpha value is -0.770. The molecule has 0 aromatic carbocycles. The highest BCUT2D eigenvalue weighted by Crippen LogP contribution is 2.06. The van der Waals surface area contributed by atoms with Gasteiger partial charge in [0.2, 0.25) is 6.29 Å². The van der Waals surface area contributed by atoms with Gasteiger partial charge in [0, 0.05) is 0 Å². The smallest absolute Gasteiger partial charge is 0.217 e. The molecule has 0 aromatic rings. The van der Waals surface area contributed by atoms with Crippen molar-refractivity contribution in [3.05, 3.63) is 0 Å². The lowest BCUT2D eigenvalue weighted by molar-refractivity contribution is 0.512. The van der Waals surface area contributed by atoms with Crippen LogP contribution in [0.5, 0.6) is 0 Å². The van der Waals surface area contributed by atoms with Crippen molar-refractivity contribution in [1.29, 1.82) is 0 Å². The van der Waals surface area contributed by atoms with E-state index in [0.29, 0.717) is 0 Å². The van der Waals surface area contributed by atoms with Gasteiger partial charge >= 0.3 is 0 Å². The molecule has 0 saturated carbocycles. The lowest BCUT2D eigenvalue weighted by Crippen LogP contribution is -2.07.